The standard InChI is InChI=1S/C22H26N4O/c1-4-16-5-6-20-18(11-16)19(22(27)26-9-7-15(2)8-10-26)12-21(24-20)17-13-23-25(3)14-17/h5-6,11-15H,4,7-10H2,1-3H3. The highest BCUT2D eigenvalue weighted by Gasteiger charge is 2.24. The number of likely N-dealkylation sites (tertiary alicyclic amines) is 1. The lowest BCUT2D eigenvalue weighted by molar-refractivity contribution is 0.0699. The second-order valence-electron chi connectivity index (χ2n) is 7.64. The number of aryl methyl sites for hydroxylation is 2. The minimum atomic E-state index is 0.118. The van der Waals surface area contributed by atoms with Crippen molar-refractivity contribution in [2.75, 3.05) is 13.1 Å². The SMILES string of the molecule is CCc1ccc2nc(-c3cnn(C)c3)cc(C(=O)N3CCC(C)CC3)c2c1. The number of hydrogen-bond donors (Lipinski definition) is 0. The summed E-state index contributed by atoms with van der Waals surface area (Å²) in [5, 5.41) is 5.20. The highest BCUT2D eigenvalue weighted by molar-refractivity contribution is 6.07. The molecule has 0 radical (unpaired) electrons. The summed E-state index contributed by atoms with van der Waals surface area (Å²) in [6.45, 7) is 6.06. The van der Waals surface area contributed by atoms with Crippen LogP contribution >= 0.6 is 0 Å². The van der Waals surface area contributed by atoms with Gasteiger partial charge >= 0.3 is 0 Å². The fourth-order valence-corrected chi connectivity index (χ4v) is 3.75. The second-order valence-corrected chi connectivity index (χ2v) is 7.64. The molecule has 0 aliphatic carbocycles. The number of carbonyl (C=O) groups is 1. The monoisotopic (exact) mass is 362 g/mol. The Morgan fingerprint density at radius 3 is 2.67 bits per heavy atom. The Labute approximate surface area is 160 Å². The van der Waals surface area contributed by atoms with Crippen LogP contribution in [0.4, 0.5) is 0 Å². The molecule has 1 saturated heterocycles. The Balaban J connectivity index is 1.83. The molecule has 0 atom stereocenters. The van der Waals surface area contributed by atoms with Crippen molar-refractivity contribution in [3.05, 3.63) is 47.8 Å². The van der Waals surface area contributed by atoms with Gasteiger partial charge in [-0.25, -0.2) is 4.98 Å². The summed E-state index contributed by atoms with van der Waals surface area (Å²) in [4.78, 5) is 20.2. The predicted octanol–water partition coefficient (Wildman–Crippen LogP) is 4.07. The van der Waals surface area contributed by atoms with E-state index in [4.69, 9.17) is 4.98 Å². The summed E-state index contributed by atoms with van der Waals surface area (Å²) < 4.78 is 1.76. The summed E-state index contributed by atoms with van der Waals surface area (Å²) in [7, 11) is 1.89. The largest absolute Gasteiger partial charge is 0.339 e. The molecule has 3 aromatic rings. The molecule has 4 rings (SSSR count). The molecule has 3 heterocycles. The number of carbonyl (C=O) groups excluding carboxylic acids is 1. The van der Waals surface area contributed by atoms with Crippen molar-refractivity contribution in [3.63, 3.8) is 0 Å². The van der Waals surface area contributed by atoms with Gasteiger partial charge in [-0.15, -0.1) is 0 Å². The van der Waals surface area contributed by atoms with E-state index in [1.54, 1.807) is 10.9 Å². The molecular formula is C22H26N4O. The van der Waals surface area contributed by atoms with Gasteiger partial charge in [0, 0.05) is 37.3 Å². The van der Waals surface area contributed by atoms with Gasteiger partial charge in [0.2, 0.25) is 0 Å². The summed E-state index contributed by atoms with van der Waals surface area (Å²) in [5.41, 5.74) is 4.57. The molecule has 0 saturated carbocycles. The molecule has 5 heteroatoms. The third-order valence-electron chi connectivity index (χ3n) is 5.58. The number of hydrogen-bond acceptors (Lipinski definition) is 3. The third-order valence-corrected chi connectivity index (χ3v) is 5.58. The molecule has 1 fully saturated rings. The fourth-order valence-electron chi connectivity index (χ4n) is 3.75. The van der Waals surface area contributed by atoms with Gasteiger partial charge in [0.15, 0.2) is 0 Å². The number of benzene rings is 1. The summed E-state index contributed by atoms with van der Waals surface area (Å²) in [6, 6.07) is 8.19. The van der Waals surface area contributed by atoms with E-state index < -0.39 is 0 Å². The zero-order chi connectivity index (χ0) is 19.0. The summed E-state index contributed by atoms with van der Waals surface area (Å²) in [6.07, 6.45) is 6.82. The molecule has 2 aromatic heterocycles. The first-order valence-corrected chi connectivity index (χ1v) is 9.77. The van der Waals surface area contributed by atoms with Crippen LogP contribution in [-0.2, 0) is 13.5 Å². The molecule has 1 aliphatic heterocycles. The number of pyridine rings is 1. The van der Waals surface area contributed by atoms with E-state index in [0.29, 0.717) is 5.92 Å². The number of fused-ring (bicyclic) bond motifs is 1. The molecule has 1 aromatic carbocycles. The van der Waals surface area contributed by atoms with E-state index in [1.807, 2.05) is 30.3 Å². The van der Waals surface area contributed by atoms with Crippen LogP contribution in [0.5, 0.6) is 0 Å². The molecule has 1 amide bonds. The van der Waals surface area contributed by atoms with Crippen molar-refractivity contribution in [2.24, 2.45) is 13.0 Å². The Morgan fingerprint density at radius 1 is 1.22 bits per heavy atom. The zero-order valence-corrected chi connectivity index (χ0v) is 16.3. The average Bonchev–Trinajstić information content (AvgIpc) is 3.13. The van der Waals surface area contributed by atoms with Gasteiger partial charge in [0.1, 0.15) is 0 Å². The number of amides is 1. The van der Waals surface area contributed by atoms with Crippen molar-refractivity contribution in [3.8, 4) is 11.3 Å². The van der Waals surface area contributed by atoms with Gasteiger partial charge < -0.3 is 4.90 Å². The number of piperidine rings is 1. The van der Waals surface area contributed by atoms with E-state index in [-0.39, 0.29) is 5.91 Å². The molecule has 5 nitrogen and oxygen atoms in total. The van der Waals surface area contributed by atoms with Gasteiger partial charge in [-0.2, -0.15) is 5.10 Å². The lowest BCUT2D eigenvalue weighted by Crippen LogP contribution is -2.38. The Bertz CT molecular complexity index is 983. The highest BCUT2D eigenvalue weighted by Crippen LogP contribution is 2.28. The Hall–Kier alpha value is -2.69. The average molecular weight is 362 g/mol. The molecule has 27 heavy (non-hydrogen) atoms. The van der Waals surface area contributed by atoms with Crippen LogP contribution in [0.3, 0.4) is 0 Å². The molecule has 0 bridgehead atoms. The fraction of sp³-hybridized carbons (Fsp3) is 0.409. The van der Waals surface area contributed by atoms with E-state index in [0.717, 1.165) is 60.1 Å². The Morgan fingerprint density at radius 2 is 2.00 bits per heavy atom. The first kappa shape index (κ1) is 17.7. The van der Waals surface area contributed by atoms with Crippen molar-refractivity contribution >= 4 is 16.8 Å². The van der Waals surface area contributed by atoms with Crippen molar-refractivity contribution in [2.45, 2.75) is 33.1 Å². The van der Waals surface area contributed by atoms with Gasteiger partial charge in [0.05, 0.1) is 23.0 Å². The lowest BCUT2D eigenvalue weighted by Gasteiger charge is -2.30. The van der Waals surface area contributed by atoms with Crippen LogP contribution in [0.2, 0.25) is 0 Å². The van der Waals surface area contributed by atoms with Crippen molar-refractivity contribution < 1.29 is 4.79 Å². The lowest BCUT2D eigenvalue weighted by atomic mass is 9.97. The molecule has 0 unspecified atom stereocenters. The molecular weight excluding hydrogens is 336 g/mol. The smallest absolute Gasteiger partial charge is 0.254 e. The van der Waals surface area contributed by atoms with Gasteiger partial charge in [-0.3, -0.25) is 9.48 Å². The van der Waals surface area contributed by atoms with Crippen LogP contribution in [0, 0.1) is 5.92 Å². The highest BCUT2D eigenvalue weighted by atomic mass is 16.2. The van der Waals surface area contributed by atoms with Crippen molar-refractivity contribution in [1.29, 1.82) is 0 Å². The molecule has 140 valence electrons. The number of rotatable bonds is 3. The van der Waals surface area contributed by atoms with E-state index >= 15 is 0 Å². The topological polar surface area (TPSA) is 51.0 Å². The minimum absolute atomic E-state index is 0.118. The normalized spacial score (nSPS) is 15.4. The first-order chi connectivity index (χ1) is 13.0. The first-order valence-electron chi connectivity index (χ1n) is 9.77. The van der Waals surface area contributed by atoms with Crippen LogP contribution in [0.1, 0.15) is 42.6 Å². The van der Waals surface area contributed by atoms with E-state index in [9.17, 15) is 4.79 Å². The van der Waals surface area contributed by atoms with Crippen LogP contribution in [-0.4, -0.2) is 38.7 Å². The zero-order valence-electron chi connectivity index (χ0n) is 16.3. The van der Waals surface area contributed by atoms with Gasteiger partial charge in [-0.05, 0) is 48.9 Å². The maximum absolute atomic E-state index is 13.4. The van der Waals surface area contributed by atoms with Crippen LogP contribution in [0.25, 0.3) is 22.2 Å². The van der Waals surface area contributed by atoms with Crippen molar-refractivity contribution in [1.82, 2.24) is 19.7 Å². The molecule has 0 N–H and O–H groups in total. The maximum atomic E-state index is 13.4. The maximum Gasteiger partial charge on any atom is 0.254 e. The quantitative estimate of drug-likeness (QED) is 0.706. The molecule has 0 spiro atoms. The van der Waals surface area contributed by atoms with Crippen LogP contribution in [0.15, 0.2) is 36.7 Å². The molecule has 1 aliphatic rings. The second kappa shape index (κ2) is 7.14. The predicted molar refractivity (Wildman–Crippen MR) is 108 cm³/mol. The van der Waals surface area contributed by atoms with E-state index in [2.05, 4.69) is 31.1 Å². The summed E-state index contributed by atoms with van der Waals surface area (Å²) >= 11 is 0. The number of nitrogens with zero attached hydrogens (tertiary/aromatic N) is 4. The van der Waals surface area contributed by atoms with Crippen LogP contribution < -0.4 is 0 Å². The summed E-state index contributed by atoms with van der Waals surface area (Å²) in [5.74, 6) is 0.813. The number of aromatic nitrogens is 3. The third kappa shape index (κ3) is 3.46. The van der Waals surface area contributed by atoms with Gasteiger partial charge in [0.25, 0.3) is 5.91 Å². The minimum Gasteiger partial charge on any atom is -0.339 e. The van der Waals surface area contributed by atoms with Gasteiger partial charge in [-0.1, -0.05) is 19.9 Å². The Kier molecular flexibility index (Phi) is 4.68. The van der Waals surface area contributed by atoms with E-state index in [1.165, 1.54) is 5.56 Å².